The summed E-state index contributed by atoms with van der Waals surface area (Å²) in [6, 6.07) is 5.49. The van der Waals surface area contributed by atoms with E-state index in [-0.39, 0.29) is 11.6 Å². The van der Waals surface area contributed by atoms with Crippen LogP contribution in [-0.4, -0.2) is 29.7 Å². The fourth-order valence-corrected chi connectivity index (χ4v) is 3.41. The highest BCUT2D eigenvalue weighted by atomic mass is 19.1. The van der Waals surface area contributed by atoms with Crippen molar-refractivity contribution in [3.63, 3.8) is 0 Å². The van der Waals surface area contributed by atoms with Crippen LogP contribution in [0.5, 0.6) is 0 Å². The number of likely N-dealkylation sites (tertiary alicyclic amines) is 1. The predicted molar refractivity (Wildman–Crippen MR) is 93.4 cm³/mol. The molecule has 4 heteroatoms. The summed E-state index contributed by atoms with van der Waals surface area (Å²) in [5, 5.41) is 0. The lowest BCUT2D eigenvalue weighted by Gasteiger charge is -2.31. The number of rotatable bonds is 2. The Labute approximate surface area is 144 Å². The number of benzene rings is 1. The number of hydrogen-bond acceptors (Lipinski definition) is 2. The van der Waals surface area contributed by atoms with Crippen molar-refractivity contribution in [1.82, 2.24) is 4.90 Å². The van der Waals surface area contributed by atoms with Crippen molar-refractivity contribution < 1.29 is 14.0 Å². The van der Waals surface area contributed by atoms with Gasteiger partial charge in [0.2, 0.25) is 5.91 Å². The van der Waals surface area contributed by atoms with E-state index >= 15 is 0 Å². The van der Waals surface area contributed by atoms with Crippen LogP contribution >= 0.6 is 0 Å². The smallest absolute Gasteiger partial charge is 0.225 e. The average molecular weight is 333 g/mol. The van der Waals surface area contributed by atoms with Crippen LogP contribution < -0.4 is 0 Å². The molecule has 1 saturated carbocycles. The normalized spacial score (nSPS) is 18.5. The van der Waals surface area contributed by atoms with E-state index in [0.717, 1.165) is 25.9 Å². The molecule has 0 spiro atoms. The van der Waals surface area contributed by atoms with E-state index in [4.69, 9.17) is 0 Å². The molecular formula is C20H28FNO2. The minimum Gasteiger partial charge on any atom is -0.342 e. The van der Waals surface area contributed by atoms with Crippen LogP contribution in [0, 0.1) is 11.7 Å². The van der Waals surface area contributed by atoms with Gasteiger partial charge in [0.05, 0.1) is 0 Å². The maximum atomic E-state index is 12.2. The minimum atomic E-state index is -0.315. The monoisotopic (exact) mass is 333 g/mol. The molecule has 1 aliphatic heterocycles. The molecule has 132 valence electrons. The molecule has 0 radical (unpaired) electrons. The molecule has 2 aliphatic rings. The zero-order chi connectivity index (χ0) is 17.4. The molecule has 3 rings (SSSR count). The van der Waals surface area contributed by atoms with Crippen LogP contribution in [0.3, 0.4) is 0 Å². The summed E-state index contributed by atoms with van der Waals surface area (Å²) in [6.45, 7) is 3.50. The Morgan fingerprint density at radius 3 is 2.00 bits per heavy atom. The molecule has 1 aromatic rings. The summed E-state index contributed by atoms with van der Waals surface area (Å²) >= 11 is 0. The van der Waals surface area contributed by atoms with Crippen molar-refractivity contribution in [2.45, 2.75) is 58.3 Å². The van der Waals surface area contributed by atoms with Gasteiger partial charge >= 0.3 is 0 Å². The van der Waals surface area contributed by atoms with E-state index in [0.29, 0.717) is 17.4 Å². The summed E-state index contributed by atoms with van der Waals surface area (Å²) in [7, 11) is 0. The first-order valence-electron chi connectivity index (χ1n) is 9.13. The van der Waals surface area contributed by atoms with Gasteiger partial charge in [0.25, 0.3) is 0 Å². The topological polar surface area (TPSA) is 37.4 Å². The van der Waals surface area contributed by atoms with Gasteiger partial charge in [-0.3, -0.25) is 9.59 Å². The van der Waals surface area contributed by atoms with Crippen LogP contribution in [0.2, 0.25) is 0 Å². The second kappa shape index (κ2) is 9.55. The number of piperidine rings is 1. The number of ketones is 1. The Morgan fingerprint density at radius 1 is 0.917 bits per heavy atom. The zero-order valence-electron chi connectivity index (χ0n) is 14.6. The fraction of sp³-hybridized carbons (Fsp3) is 0.600. The first-order valence-corrected chi connectivity index (χ1v) is 9.13. The van der Waals surface area contributed by atoms with Gasteiger partial charge < -0.3 is 4.90 Å². The van der Waals surface area contributed by atoms with E-state index in [2.05, 4.69) is 4.90 Å². The van der Waals surface area contributed by atoms with E-state index < -0.39 is 0 Å². The zero-order valence-corrected chi connectivity index (χ0v) is 14.6. The second-order valence-electron chi connectivity index (χ2n) is 6.78. The number of amides is 1. The molecule has 0 N–H and O–H groups in total. The van der Waals surface area contributed by atoms with Crippen LogP contribution in [0.4, 0.5) is 4.39 Å². The minimum absolute atomic E-state index is 0.0417. The Hall–Kier alpha value is -1.71. The largest absolute Gasteiger partial charge is 0.342 e. The lowest BCUT2D eigenvalue weighted by atomic mass is 9.88. The van der Waals surface area contributed by atoms with Crippen LogP contribution in [-0.2, 0) is 4.79 Å². The van der Waals surface area contributed by atoms with Crippen LogP contribution in [0.25, 0.3) is 0 Å². The van der Waals surface area contributed by atoms with Gasteiger partial charge in [-0.2, -0.15) is 0 Å². The Bertz CT molecular complexity index is 509. The van der Waals surface area contributed by atoms with E-state index in [1.165, 1.54) is 69.7 Å². The standard InChI is InChI=1S/C12H21NO.C8H7FO/c14-12(11-7-3-1-4-8-11)13-9-5-2-6-10-13;1-6(10)7-2-4-8(9)5-3-7/h11H,1-10H2;2-5H,1H3. The molecule has 0 bridgehead atoms. The van der Waals surface area contributed by atoms with Crippen molar-refractivity contribution in [2.24, 2.45) is 5.92 Å². The molecule has 24 heavy (non-hydrogen) atoms. The maximum absolute atomic E-state index is 12.2. The Morgan fingerprint density at radius 2 is 1.46 bits per heavy atom. The first-order chi connectivity index (χ1) is 11.6. The lowest BCUT2D eigenvalue weighted by molar-refractivity contribution is -0.137. The molecule has 2 fully saturated rings. The van der Waals surface area contributed by atoms with Crippen molar-refractivity contribution in [3.05, 3.63) is 35.6 Å². The van der Waals surface area contributed by atoms with E-state index in [9.17, 15) is 14.0 Å². The van der Waals surface area contributed by atoms with Gasteiger partial charge in [-0.1, -0.05) is 19.3 Å². The maximum Gasteiger partial charge on any atom is 0.225 e. The van der Waals surface area contributed by atoms with Gasteiger partial charge in [0.1, 0.15) is 5.82 Å². The quantitative estimate of drug-likeness (QED) is 0.741. The number of nitrogens with zero attached hydrogens (tertiary/aromatic N) is 1. The summed E-state index contributed by atoms with van der Waals surface area (Å²) in [6.07, 6.45) is 9.92. The highest BCUT2D eigenvalue weighted by Gasteiger charge is 2.26. The van der Waals surface area contributed by atoms with Gasteiger partial charge in [0, 0.05) is 24.6 Å². The van der Waals surface area contributed by atoms with Crippen molar-refractivity contribution in [1.29, 1.82) is 0 Å². The Balaban J connectivity index is 0.000000185. The summed E-state index contributed by atoms with van der Waals surface area (Å²) < 4.78 is 12.2. The molecule has 1 amide bonds. The highest BCUT2D eigenvalue weighted by Crippen LogP contribution is 2.26. The molecule has 1 aliphatic carbocycles. The van der Waals surface area contributed by atoms with Gasteiger partial charge in [-0.25, -0.2) is 4.39 Å². The molecule has 0 atom stereocenters. The molecule has 1 aromatic carbocycles. The van der Waals surface area contributed by atoms with Gasteiger partial charge in [-0.05, 0) is 63.3 Å². The van der Waals surface area contributed by atoms with Crippen molar-refractivity contribution >= 4 is 11.7 Å². The summed E-state index contributed by atoms with van der Waals surface area (Å²) in [4.78, 5) is 24.8. The van der Waals surface area contributed by atoms with Crippen molar-refractivity contribution in [3.8, 4) is 0 Å². The summed E-state index contributed by atoms with van der Waals surface area (Å²) in [5.74, 6) is 0.483. The molecule has 0 aromatic heterocycles. The Kier molecular flexibility index (Phi) is 7.41. The summed E-state index contributed by atoms with van der Waals surface area (Å²) in [5.41, 5.74) is 0.543. The number of Topliss-reactive ketones (excluding diaryl/α,β-unsaturated/α-hetero) is 1. The third-order valence-electron chi connectivity index (χ3n) is 4.87. The van der Waals surface area contributed by atoms with Crippen LogP contribution in [0.1, 0.15) is 68.6 Å². The molecule has 1 heterocycles. The van der Waals surface area contributed by atoms with E-state index in [1.54, 1.807) is 0 Å². The average Bonchev–Trinajstić information content (AvgIpc) is 2.63. The first kappa shape index (κ1) is 18.6. The third kappa shape index (κ3) is 5.73. The van der Waals surface area contributed by atoms with Crippen LogP contribution in [0.15, 0.2) is 24.3 Å². The molecule has 1 saturated heterocycles. The SMILES string of the molecule is CC(=O)c1ccc(F)cc1.O=C(C1CCCCC1)N1CCCCC1. The predicted octanol–water partition coefficient (Wildman–Crippen LogP) is 4.61. The van der Waals surface area contributed by atoms with Gasteiger partial charge in [-0.15, -0.1) is 0 Å². The molecule has 0 unspecified atom stereocenters. The van der Waals surface area contributed by atoms with Crippen molar-refractivity contribution in [2.75, 3.05) is 13.1 Å². The molecule has 3 nitrogen and oxygen atoms in total. The van der Waals surface area contributed by atoms with E-state index in [1.807, 2.05) is 0 Å². The third-order valence-corrected chi connectivity index (χ3v) is 4.87. The van der Waals surface area contributed by atoms with Gasteiger partial charge in [0.15, 0.2) is 5.78 Å². The highest BCUT2D eigenvalue weighted by molar-refractivity contribution is 5.93. The number of carbonyl (C=O) groups is 2. The lowest BCUT2D eigenvalue weighted by Crippen LogP contribution is -2.40. The number of halogens is 1. The number of carbonyl (C=O) groups excluding carboxylic acids is 2. The second-order valence-corrected chi connectivity index (χ2v) is 6.78. The molecular weight excluding hydrogens is 305 g/mol. The fourth-order valence-electron chi connectivity index (χ4n) is 3.41. The number of hydrogen-bond donors (Lipinski definition) is 0.